The van der Waals surface area contributed by atoms with E-state index in [4.69, 9.17) is 11.6 Å². The summed E-state index contributed by atoms with van der Waals surface area (Å²) in [5.41, 5.74) is 0. The first-order valence-corrected chi connectivity index (χ1v) is 12.6. The molecule has 0 heterocycles. The monoisotopic (exact) mass is 407 g/mol. The zero-order chi connectivity index (χ0) is 19.5. The van der Waals surface area contributed by atoms with Crippen molar-refractivity contribution in [3.05, 3.63) is 103 Å². The molecule has 0 aliphatic rings. The van der Waals surface area contributed by atoms with Crippen LogP contribution in [0.5, 0.6) is 0 Å². The van der Waals surface area contributed by atoms with Crippen LogP contribution in [0.25, 0.3) is 0 Å². The second-order valence-corrected chi connectivity index (χ2v) is 10.9. The first-order chi connectivity index (χ1) is 13.9. The van der Waals surface area contributed by atoms with Crippen molar-refractivity contribution in [1.82, 2.24) is 0 Å². The van der Waals surface area contributed by atoms with E-state index in [2.05, 4.69) is 103 Å². The van der Waals surface area contributed by atoms with Gasteiger partial charge in [0.2, 0.25) is 0 Å². The van der Waals surface area contributed by atoms with Gasteiger partial charge in [-0.15, -0.1) is 11.6 Å². The van der Waals surface area contributed by atoms with Gasteiger partial charge in [0.1, 0.15) is 23.2 Å². The van der Waals surface area contributed by atoms with Crippen molar-refractivity contribution >= 4 is 34.8 Å². The molecule has 0 aromatic heterocycles. The molecule has 3 rings (SSSR count). The molecule has 144 valence electrons. The summed E-state index contributed by atoms with van der Waals surface area (Å²) in [6, 6.07) is 33.2. The molecule has 28 heavy (non-hydrogen) atoms. The molecule has 0 radical (unpaired) electrons. The molecule has 0 unspecified atom stereocenters. The van der Waals surface area contributed by atoms with Crippen molar-refractivity contribution in [3.8, 4) is 0 Å². The van der Waals surface area contributed by atoms with Crippen molar-refractivity contribution in [2.24, 2.45) is 0 Å². The summed E-state index contributed by atoms with van der Waals surface area (Å²) < 4.78 is 0. The lowest BCUT2D eigenvalue weighted by Crippen LogP contribution is -2.32. The number of halogens is 1. The summed E-state index contributed by atoms with van der Waals surface area (Å²) in [5, 5.41) is 4.33. The van der Waals surface area contributed by atoms with Crippen molar-refractivity contribution < 1.29 is 0 Å². The van der Waals surface area contributed by atoms with Gasteiger partial charge in [-0.1, -0.05) is 73.2 Å². The third-order valence-corrected chi connectivity index (χ3v) is 9.71. The van der Waals surface area contributed by atoms with Gasteiger partial charge in [-0.3, -0.25) is 0 Å². The highest BCUT2D eigenvalue weighted by atomic mass is 35.5. The first kappa shape index (κ1) is 20.8. The second kappa shape index (κ2) is 11.2. The van der Waals surface area contributed by atoms with Crippen LogP contribution in [0, 0.1) is 0 Å². The van der Waals surface area contributed by atoms with E-state index in [1.807, 2.05) is 0 Å². The summed E-state index contributed by atoms with van der Waals surface area (Å²) in [7, 11) is -1.72. The Labute approximate surface area is 175 Å². The molecule has 2 heteroatoms. The Morgan fingerprint density at radius 2 is 1.04 bits per heavy atom. The lowest BCUT2D eigenvalue weighted by molar-refractivity contribution is 0.732. The van der Waals surface area contributed by atoms with Crippen LogP contribution in [-0.4, -0.2) is 12.0 Å². The topological polar surface area (TPSA) is 0 Å². The lowest BCUT2D eigenvalue weighted by atomic mass is 10.2. The molecule has 0 aliphatic carbocycles. The SMILES string of the molecule is ClCCCCCC=CC[P+](c1ccccc1)(c1ccccc1)c1ccccc1. The molecule has 0 saturated carbocycles. The van der Waals surface area contributed by atoms with Crippen molar-refractivity contribution in [2.45, 2.75) is 25.7 Å². The summed E-state index contributed by atoms with van der Waals surface area (Å²) in [5.74, 6) is 0.772. The fourth-order valence-electron chi connectivity index (χ4n) is 3.69. The summed E-state index contributed by atoms with van der Waals surface area (Å²) in [4.78, 5) is 0. The zero-order valence-corrected chi connectivity index (χ0v) is 18.0. The molecule has 0 fully saturated rings. The number of unbranched alkanes of at least 4 members (excludes halogenated alkanes) is 3. The van der Waals surface area contributed by atoms with Gasteiger partial charge in [-0.05, 0) is 55.7 Å². The lowest BCUT2D eigenvalue weighted by Gasteiger charge is -2.26. The molecule has 0 saturated heterocycles. The predicted octanol–water partition coefficient (Wildman–Crippen LogP) is 6.34. The quantitative estimate of drug-likeness (QED) is 0.159. The minimum Gasteiger partial charge on any atom is -0.127 e. The van der Waals surface area contributed by atoms with E-state index in [0.717, 1.165) is 24.9 Å². The Kier molecular flexibility index (Phi) is 8.34. The Bertz CT molecular complexity index is 731. The van der Waals surface area contributed by atoms with Gasteiger partial charge in [0, 0.05) is 5.88 Å². The van der Waals surface area contributed by atoms with E-state index in [0.29, 0.717) is 0 Å². The summed E-state index contributed by atoms with van der Waals surface area (Å²) in [6.07, 6.45) is 10.5. The van der Waals surface area contributed by atoms with Gasteiger partial charge >= 0.3 is 0 Å². The number of benzene rings is 3. The average Bonchev–Trinajstić information content (AvgIpc) is 2.78. The standard InChI is InChI=1S/C26H29ClP/c27-22-14-3-1-2-4-15-23-28(24-16-8-5-9-17-24,25-18-10-6-11-19-25)26-20-12-7-13-21-26/h4-13,15-21H,1-3,14,22-23H2/q+1. The molecule has 3 aromatic rings. The summed E-state index contributed by atoms with van der Waals surface area (Å²) in [6.45, 7) is 0. The molecule has 0 N–H and O–H groups in total. The molecule has 0 aliphatic heterocycles. The van der Waals surface area contributed by atoms with E-state index in [1.165, 1.54) is 28.8 Å². The number of alkyl halides is 1. The van der Waals surface area contributed by atoms with Crippen molar-refractivity contribution in [2.75, 3.05) is 12.0 Å². The van der Waals surface area contributed by atoms with Crippen LogP contribution in [0.4, 0.5) is 0 Å². The maximum Gasteiger partial charge on any atom is 0.115 e. The number of hydrogen-bond acceptors (Lipinski definition) is 0. The maximum atomic E-state index is 5.79. The number of rotatable bonds is 10. The second-order valence-electron chi connectivity index (χ2n) is 7.01. The van der Waals surface area contributed by atoms with Crippen LogP contribution in [0.1, 0.15) is 25.7 Å². The fraction of sp³-hybridized carbons (Fsp3) is 0.231. The van der Waals surface area contributed by atoms with E-state index in [-0.39, 0.29) is 0 Å². The fourth-order valence-corrected chi connectivity index (χ4v) is 7.92. The van der Waals surface area contributed by atoms with Crippen LogP contribution >= 0.6 is 18.9 Å². The normalized spacial score (nSPS) is 11.8. The first-order valence-electron chi connectivity index (χ1n) is 10.1. The van der Waals surface area contributed by atoms with Crippen LogP contribution in [0.15, 0.2) is 103 Å². The van der Waals surface area contributed by atoms with Gasteiger partial charge in [-0.2, -0.15) is 0 Å². The molecular formula is C26H29ClP+. The average molecular weight is 408 g/mol. The predicted molar refractivity (Wildman–Crippen MR) is 128 cm³/mol. The Morgan fingerprint density at radius 1 is 0.571 bits per heavy atom. The van der Waals surface area contributed by atoms with Gasteiger partial charge in [0.05, 0.1) is 6.16 Å². The maximum absolute atomic E-state index is 5.79. The third-order valence-electron chi connectivity index (χ3n) is 5.14. The Hall–Kier alpha value is -1.88. The van der Waals surface area contributed by atoms with Crippen molar-refractivity contribution in [1.29, 1.82) is 0 Å². The molecule has 0 spiro atoms. The number of allylic oxidation sites excluding steroid dienone is 2. The van der Waals surface area contributed by atoms with Crippen LogP contribution in [-0.2, 0) is 0 Å². The van der Waals surface area contributed by atoms with Crippen LogP contribution in [0.3, 0.4) is 0 Å². The van der Waals surface area contributed by atoms with Crippen LogP contribution in [0.2, 0.25) is 0 Å². The smallest absolute Gasteiger partial charge is 0.115 e. The third kappa shape index (κ3) is 5.13. The zero-order valence-electron chi connectivity index (χ0n) is 16.4. The molecule has 3 aromatic carbocycles. The van der Waals surface area contributed by atoms with E-state index in [1.54, 1.807) is 0 Å². The van der Waals surface area contributed by atoms with Crippen molar-refractivity contribution in [3.63, 3.8) is 0 Å². The molecule has 0 amide bonds. The minimum absolute atomic E-state index is 0.772. The highest BCUT2D eigenvalue weighted by molar-refractivity contribution is 7.95. The number of hydrogen-bond donors (Lipinski definition) is 0. The molecular weight excluding hydrogens is 379 g/mol. The molecule has 0 nitrogen and oxygen atoms in total. The van der Waals surface area contributed by atoms with Gasteiger partial charge in [-0.25, -0.2) is 0 Å². The highest BCUT2D eigenvalue weighted by Crippen LogP contribution is 2.55. The van der Waals surface area contributed by atoms with E-state index in [9.17, 15) is 0 Å². The van der Waals surface area contributed by atoms with Crippen LogP contribution < -0.4 is 15.9 Å². The molecule has 0 atom stereocenters. The van der Waals surface area contributed by atoms with E-state index >= 15 is 0 Å². The highest BCUT2D eigenvalue weighted by Gasteiger charge is 2.43. The molecule has 0 bridgehead atoms. The van der Waals surface area contributed by atoms with Gasteiger partial charge in [0.25, 0.3) is 0 Å². The van der Waals surface area contributed by atoms with Gasteiger partial charge in [0.15, 0.2) is 0 Å². The summed E-state index contributed by atoms with van der Waals surface area (Å²) >= 11 is 5.79. The minimum atomic E-state index is -1.72. The Morgan fingerprint density at radius 3 is 1.46 bits per heavy atom. The Balaban J connectivity index is 1.98. The van der Waals surface area contributed by atoms with E-state index < -0.39 is 7.26 Å². The largest absolute Gasteiger partial charge is 0.127 e. The van der Waals surface area contributed by atoms with Gasteiger partial charge < -0.3 is 0 Å².